The zero-order valence-electron chi connectivity index (χ0n) is 9.65. The Morgan fingerprint density at radius 1 is 1.44 bits per heavy atom. The Balaban J connectivity index is 2.85. The molecule has 90 valence electrons. The van der Waals surface area contributed by atoms with Crippen LogP contribution in [0.4, 0.5) is 0 Å². The highest BCUT2D eigenvalue weighted by atomic mass is 79.9. The van der Waals surface area contributed by atoms with Crippen LogP contribution in [0.5, 0.6) is 5.75 Å². The first kappa shape index (κ1) is 13.8. The standard InChI is InChI=1S/C12H17BrClNO/c1-3-4-5-16-12-9(8-15-2)6-10(14)7-11(12)13/h6-7,15H,3-5,8H2,1-2H3. The molecule has 4 heteroatoms. The van der Waals surface area contributed by atoms with Crippen LogP contribution in [0.1, 0.15) is 25.3 Å². The second-order valence-electron chi connectivity index (χ2n) is 3.61. The van der Waals surface area contributed by atoms with E-state index in [1.807, 2.05) is 19.2 Å². The van der Waals surface area contributed by atoms with Crippen LogP contribution in [-0.4, -0.2) is 13.7 Å². The van der Waals surface area contributed by atoms with Crippen LogP contribution in [0, 0.1) is 0 Å². The van der Waals surface area contributed by atoms with Crippen molar-refractivity contribution in [3.05, 3.63) is 27.2 Å². The molecule has 0 saturated heterocycles. The summed E-state index contributed by atoms with van der Waals surface area (Å²) < 4.78 is 6.69. The molecule has 1 aromatic carbocycles. The third-order valence-electron chi connectivity index (χ3n) is 2.20. The van der Waals surface area contributed by atoms with Crippen LogP contribution in [-0.2, 0) is 6.54 Å². The van der Waals surface area contributed by atoms with Gasteiger partial charge >= 0.3 is 0 Å². The van der Waals surface area contributed by atoms with E-state index in [4.69, 9.17) is 16.3 Å². The maximum atomic E-state index is 6.01. The van der Waals surface area contributed by atoms with Gasteiger partial charge in [0, 0.05) is 17.1 Å². The molecule has 0 aliphatic carbocycles. The van der Waals surface area contributed by atoms with Gasteiger partial charge in [0.1, 0.15) is 5.75 Å². The molecule has 0 atom stereocenters. The maximum Gasteiger partial charge on any atom is 0.138 e. The molecule has 0 radical (unpaired) electrons. The van der Waals surface area contributed by atoms with Crippen LogP contribution >= 0.6 is 27.5 Å². The fraction of sp³-hybridized carbons (Fsp3) is 0.500. The molecule has 2 nitrogen and oxygen atoms in total. The van der Waals surface area contributed by atoms with Crippen molar-refractivity contribution in [1.82, 2.24) is 5.32 Å². The minimum Gasteiger partial charge on any atom is -0.492 e. The first-order valence-corrected chi connectivity index (χ1v) is 6.61. The van der Waals surface area contributed by atoms with E-state index < -0.39 is 0 Å². The van der Waals surface area contributed by atoms with Gasteiger partial charge in [0.15, 0.2) is 0 Å². The quantitative estimate of drug-likeness (QED) is 0.802. The van der Waals surface area contributed by atoms with Crippen molar-refractivity contribution in [2.24, 2.45) is 0 Å². The zero-order valence-corrected chi connectivity index (χ0v) is 12.0. The molecule has 0 aliphatic heterocycles. The predicted octanol–water partition coefficient (Wildman–Crippen LogP) is 4.00. The molecular formula is C12H17BrClNO. The molecule has 0 fully saturated rings. The molecule has 0 spiro atoms. The summed E-state index contributed by atoms with van der Waals surface area (Å²) in [6, 6.07) is 3.80. The summed E-state index contributed by atoms with van der Waals surface area (Å²) in [4.78, 5) is 0. The molecule has 0 saturated carbocycles. The second-order valence-corrected chi connectivity index (χ2v) is 4.90. The lowest BCUT2D eigenvalue weighted by molar-refractivity contribution is 0.304. The molecule has 0 unspecified atom stereocenters. The SMILES string of the molecule is CCCCOc1c(Br)cc(Cl)cc1CNC. The molecule has 1 aromatic rings. The summed E-state index contributed by atoms with van der Waals surface area (Å²) in [7, 11) is 1.91. The molecule has 1 N–H and O–H groups in total. The van der Waals surface area contributed by atoms with E-state index in [1.165, 1.54) is 0 Å². The van der Waals surface area contributed by atoms with E-state index in [0.717, 1.165) is 46.8 Å². The van der Waals surface area contributed by atoms with Gasteiger partial charge in [0.2, 0.25) is 0 Å². The van der Waals surface area contributed by atoms with Crippen molar-refractivity contribution in [2.45, 2.75) is 26.3 Å². The molecule has 0 heterocycles. The number of benzene rings is 1. The number of hydrogen-bond donors (Lipinski definition) is 1. The molecular weight excluding hydrogens is 289 g/mol. The van der Waals surface area contributed by atoms with Crippen molar-refractivity contribution in [3.8, 4) is 5.75 Å². The van der Waals surface area contributed by atoms with E-state index in [0.29, 0.717) is 0 Å². The molecule has 0 aromatic heterocycles. The second kappa shape index (κ2) is 7.15. The Kier molecular flexibility index (Phi) is 6.17. The predicted molar refractivity (Wildman–Crippen MR) is 72.3 cm³/mol. The number of halogens is 2. The van der Waals surface area contributed by atoms with Crippen LogP contribution in [0.2, 0.25) is 5.02 Å². The number of hydrogen-bond acceptors (Lipinski definition) is 2. The normalized spacial score (nSPS) is 10.5. The van der Waals surface area contributed by atoms with Gasteiger partial charge in [-0.25, -0.2) is 0 Å². The van der Waals surface area contributed by atoms with E-state index in [9.17, 15) is 0 Å². The molecule has 0 bridgehead atoms. The summed E-state index contributed by atoms with van der Waals surface area (Å²) >= 11 is 9.49. The number of nitrogens with one attached hydrogen (secondary N) is 1. The van der Waals surface area contributed by atoms with Crippen molar-refractivity contribution < 1.29 is 4.74 Å². The highest BCUT2D eigenvalue weighted by Gasteiger charge is 2.09. The average molecular weight is 307 g/mol. The molecule has 0 amide bonds. The van der Waals surface area contributed by atoms with Crippen LogP contribution in [0.25, 0.3) is 0 Å². The maximum absolute atomic E-state index is 6.01. The van der Waals surface area contributed by atoms with Gasteiger partial charge in [-0.1, -0.05) is 24.9 Å². The summed E-state index contributed by atoms with van der Waals surface area (Å²) in [6.45, 7) is 3.64. The summed E-state index contributed by atoms with van der Waals surface area (Å²) in [5.74, 6) is 0.896. The topological polar surface area (TPSA) is 21.3 Å². The zero-order chi connectivity index (χ0) is 12.0. The Labute approximate surface area is 110 Å². The average Bonchev–Trinajstić information content (AvgIpc) is 2.22. The highest BCUT2D eigenvalue weighted by molar-refractivity contribution is 9.10. The van der Waals surface area contributed by atoms with Gasteiger partial charge in [0.05, 0.1) is 11.1 Å². The van der Waals surface area contributed by atoms with Crippen LogP contribution in [0.15, 0.2) is 16.6 Å². The van der Waals surface area contributed by atoms with Crippen LogP contribution in [0.3, 0.4) is 0 Å². The monoisotopic (exact) mass is 305 g/mol. The lowest BCUT2D eigenvalue weighted by Gasteiger charge is -2.13. The number of rotatable bonds is 6. The lowest BCUT2D eigenvalue weighted by atomic mass is 10.2. The van der Waals surface area contributed by atoms with Crippen LogP contribution < -0.4 is 10.1 Å². The van der Waals surface area contributed by atoms with E-state index >= 15 is 0 Å². The first-order chi connectivity index (χ1) is 7.69. The third-order valence-corrected chi connectivity index (χ3v) is 3.00. The first-order valence-electron chi connectivity index (χ1n) is 5.44. The summed E-state index contributed by atoms with van der Waals surface area (Å²) in [5, 5.41) is 3.83. The minimum absolute atomic E-state index is 0.722. The van der Waals surface area contributed by atoms with E-state index in [1.54, 1.807) is 0 Å². The Hall–Kier alpha value is -0.250. The molecule has 1 rings (SSSR count). The minimum atomic E-state index is 0.722. The lowest BCUT2D eigenvalue weighted by Crippen LogP contribution is -2.08. The fourth-order valence-corrected chi connectivity index (χ4v) is 2.40. The van der Waals surface area contributed by atoms with Crippen molar-refractivity contribution in [3.63, 3.8) is 0 Å². The Morgan fingerprint density at radius 3 is 2.81 bits per heavy atom. The highest BCUT2D eigenvalue weighted by Crippen LogP contribution is 2.32. The largest absolute Gasteiger partial charge is 0.492 e. The number of ether oxygens (including phenoxy) is 1. The molecule has 16 heavy (non-hydrogen) atoms. The van der Waals surface area contributed by atoms with Gasteiger partial charge < -0.3 is 10.1 Å². The van der Waals surface area contributed by atoms with Gasteiger partial charge in [-0.3, -0.25) is 0 Å². The van der Waals surface area contributed by atoms with Crippen molar-refractivity contribution in [1.29, 1.82) is 0 Å². The third kappa shape index (κ3) is 3.96. The van der Waals surface area contributed by atoms with Gasteiger partial charge in [0.25, 0.3) is 0 Å². The van der Waals surface area contributed by atoms with Crippen molar-refractivity contribution >= 4 is 27.5 Å². The van der Waals surface area contributed by atoms with E-state index in [-0.39, 0.29) is 0 Å². The Bertz CT molecular complexity index is 344. The Morgan fingerprint density at radius 2 is 2.19 bits per heavy atom. The van der Waals surface area contributed by atoms with Crippen molar-refractivity contribution in [2.75, 3.05) is 13.7 Å². The number of unbranched alkanes of at least 4 members (excludes halogenated alkanes) is 1. The summed E-state index contributed by atoms with van der Waals surface area (Å²) in [6.07, 6.45) is 2.20. The fourth-order valence-electron chi connectivity index (χ4n) is 1.42. The van der Waals surface area contributed by atoms with E-state index in [2.05, 4.69) is 28.2 Å². The summed E-state index contributed by atoms with van der Waals surface area (Å²) in [5.41, 5.74) is 1.08. The van der Waals surface area contributed by atoms with Gasteiger partial charge in [-0.15, -0.1) is 0 Å². The van der Waals surface area contributed by atoms with Gasteiger partial charge in [-0.2, -0.15) is 0 Å². The smallest absolute Gasteiger partial charge is 0.138 e. The molecule has 0 aliphatic rings. The van der Waals surface area contributed by atoms with Gasteiger partial charge in [-0.05, 0) is 41.5 Å².